The third kappa shape index (κ3) is 5.77. The molecule has 0 saturated carbocycles. The Morgan fingerprint density at radius 2 is 1.90 bits per heavy atom. The predicted molar refractivity (Wildman–Crippen MR) is 128 cm³/mol. The minimum atomic E-state index is -0.0508. The molecule has 0 aliphatic heterocycles. The Balaban J connectivity index is 1.46. The minimum absolute atomic E-state index is 0.0508. The van der Waals surface area contributed by atoms with Crippen LogP contribution in [-0.4, -0.2) is 12.4 Å². The number of benzene rings is 1. The third-order valence-corrected chi connectivity index (χ3v) is 6.51. The zero-order chi connectivity index (χ0) is 21.6. The number of ether oxygens (including phenoxy) is 1. The Morgan fingerprint density at radius 3 is 2.52 bits per heavy atom. The molecule has 0 fully saturated rings. The van der Waals surface area contributed by atoms with Gasteiger partial charge in [-0.15, -0.1) is 0 Å². The predicted octanol–water partition coefficient (Wildman–Crippen LogP) is 7.25. The highest BCUT2D eigenvalue weighted by atomic mass is 35.5. The van der Waals surface area contributed by atoms with Gasteiger partial charge in [-0.1, -0.05) is 73.2 Å². The quantitative estimate of drug-likeness (QED) is 0.424. The van der Waals surface area contributed by atoms with E-state index >= 15 is 0 Å². The first-order valence-electron chi connectivity index (χ1n) is 11.1. The van der Waals surface area contributed by atoms with E-state index in [0.717, 1.165) is 54.7 Å². The molecule has 0 aromatic heterocycles. The van der Waals surface area contributed by atoms with Crippen molar-refractivity contribution >= 4 is 17.9 Å². The van der Waals surface area contributed by atoms with Crippen LogP contribution in [0.3, 0.4) is 0 Å². The summed E-state index contributed by atoms with van der Waals surface area (Å²) >= 11 is 6.18. The molecule has 0 amide bonds. The van der Waals surface area contributed by atoms with Crippen LogP contribution in [0.2, 0.25) is 0 Å². The molecule has 2 nitrogen and oxygen atoms in total. The Hall–Kier alpha value is -2.58. The number of carbonyl (C=O) groups excluding carboxylic acids is 1. The second-order valence-corrected chi connectivity index (χ2v) is 9.09. The summed E-state index contributed by atoms with van der Waals surface area (Å²) in [6, 6.07) is 7.75. The van der Waals surface area contributed by atoms with E-state index in [2.05, 4.69) is 49.5 Å². The molecule has 0 radical (unpaired) electrons. The summed E-state index contributed by atoms with van der Waals surface area (Å²) in [6.07, 6.45) is 23.1. The maximum atomic E-state index is 11.0. The monoisotopic (exact) mass is 432 g/mol. The molecular formula is C28H29ClO2. The summed E-state index contributed by atoms with van der Waals surface area (Å²) in [6.45, 7) is 2.25. The Morgan fingerprint density at radius 1 is 1.06 bits per heavy atom. The molecule has 0 spiro atoms. The lowest BCUT2D eigenvalue weighted by atomic mass is 9.86. The largest absolute Gasteiger partial charge is 0.486 e. The van der Waals surface area contributed by atoms with E-state index in [0.29, 0.717) is 17.4 Å². The smallest absolute Gasteiger partial charge is 0.150 e. The van der Waals surface area contributed by atoms with Gasteiger partial charge in [0.05, 0.1) is 0 Å². The molecule has 31 heavy (non-hydrogen) atoms. The molecule has 3 atom stereocenters. The van der Waals surface area contributed by atoms with Crippen LogP contribution < -0.4 is 0 Å². The lowest BCUT2D eigenvalue weighted by molar-refractivity contribution is 0.112. The van der Waals surface area contributed by atoms with Crippen LogP contribution in [0, 0.1) is 11.8 Å². The number of rotatable bonds is 7. The summed E-state index contributed by atoms with van der Waals surface area (Å²) in [5.41, 5.74) is 4.51. The van der Waals surface area contributed by atoms with Crippen molar-refractivity contribution in [1.82, 2.24) is 0 Å². The van der Waals surface area contributed by atoms with Crippen LogP contribution in [0.25, 0.3) is 0 Å². The van der Waals surface area contributed by atoms with Gasteiger partial charge in [-0.05, 0) is 66.5 Å². The van der Waals surface area contributed by atoms with Gasteiger partial charge in [-0.2, -0.15) is 0 Å². The first-order chi connectivity index (χ1) is 15.1. The molecule has 1 aromatic rings. The fraction of sp³-hybridized carbons (Fsp3) is 0.321. The van der Waals surface area contributed by atoms with Crippen LogP contribution in [-0.2, 0) is 11.2 Å². The maximum absolute atomic E-state index is 11.0. The van der Waals surface area contributed by atoms with Crippen molar-refractivity contribution in [2.24, 2.45) is 11.8 Å². The van der Waals surface area contributed by atoms with Crippen LogP contribution in [0.1, 0.15) is 48.5 Å². The van der Waals surface area contributed by atoms with E-state index in [-0.39, 0.29) is 6.10 Å². The molecule has 3 heteroatoms. The van der Waals surface area contributed by atoms with Crippen molar-refractivity contribution in [2.45, 2.75) is 45.1 Å². The van der Waals surface area contributed by atoms with Gasteiger partial charge in [-0.25, -0.2) is 0 Å². The topological polar surface area (TPSA) is 26.3 Å². The fourth-order valence-corrected chi connectivity index (χ4v) is 4.37. The maximum Gasteiger partial charge on any atom is 0.150 e. The molecule has 4 rings (SSSR count). The summed E-state index contributed by atoms with van der Waals surface area (Å²) in [4.78, 5) is 11.0. The zero-order valence-corrected chi connectivity index (χ0v) is 18.7. The Bertz CT molecular complexity index is 988. The van der Waals surface area contributed by atoms with Crippen LogP contribution in [0.5, 0.6) is 0 Å². The molecular weight excluding hydrogens is 404 g/mol. The van der Waals surface area contributed by atoms with Crippen LogP contribution >= 0.6 is 11.6 Å². The second kappa shape index (κ2) is 10.2. The van der Waals surface area contributed by atoms with Crippen molar-refractivity contribution in [3.63, 3.8) is 0 Å². The van der Waals surface area contributed by atoms with Crippen molar-refractivity contribution in [1.29, 1.82) is 0 Å². The average molecular weight is 433 g/mol. The molecule has 0 bridgehead atoms. The van der Waals surface area contributed by atoms with Crippen LogP contribution in [0.4, 0.5) is 0 Å². The molecule has 160 valence electrons. The number of aldehydes is 1. The first-order valence-corrected chi connectivity index (χ1v) is 11.5. The zero-order valence-electron chi connectivity index (χ0n) is 18.0. The number of hydrogen-bond donors (Lipinski definition) is 0. The lowest BCUT2D eigenvalue weighted by Crippen LogP contribution is -2.20. The Kier molecular flexibility index (Phi) is 7.09. The lowest BCUT2D eigenvalue weighted by Gasteiger charge is -2.27. The Labute approximate surface area is 190 Å². The third-order valence-electron chi connectivity index (χ3n) is 6.20. The van der Waals surface area contributed by atoms with E-state index in [4.69, 9.17) is 16.3 Å². The highest BCUT2D eigenvalue weighted by Gasteiger charge is 2.21. The average Bonchev–Trinajstić information content (AvgIpc) is 2.81. The number of halogens is 1. The number of allylic oxidation sites excluding steroid dienone is 10. The summed E-state index contributed by atoms with van der Waals surface area (Å²) < 4.78 is 6.51. The van der Waals surface area contributed by atoms with Gasteiger partial charge in [0, 0.05) is 22.9 Å². The van der Waals surface area contributed by atoms with Crippen LogP contribution in [0.15, 0.2) is 94.8 Å². The summed E-state index contributed by atoms with van der Waals surface area (Å²) in [5, 5.41) is 0.889. The van der Waals surface area contributed by atoms with Crippen molar-refractivity contribution in [3.8, 4) is 0 Å². The molecule has 0 heterocycles. The SMILES string of the molecule is CC1C=CC(C2C=CC(OC(Cc3ccc(C=O)cc3)C3=CC=C(Cl)CC3)=CC2)=CC1. The first kappa shape index (κ1) is 21.6. The standard InChI is InChI=1S/C28H29ClO2/c1-20-2-8-23(9-3-20)24-12-16-27(17-13-24)31-28(25-10-14-26(29)15-11-25)18-21-4-6-22(19-30)7-5-21/h2,4-10,12,14,16-17,19-20,24,28H,3,11,13,15,18H2,1H3. The van der Waals surface area contributed by atoms with E-state index in [1.54, 1.807) is 0 Å². The summed E-state index contributed by atoms with van der Waals surface area (Å²) in [7, 11) is 0. The van der Waals surface area contributed by atoms with Gasteiger partial charge in [0.2, 0.25) is 0 Å². The molecule has 0 saturated heterocycles. The number of hydrogen-bond acceptors (Lipinski definition) is 2. The van der Waals surface area contributed by atoms with Gasteiger partial charge < -0.3 is 4.74 Å². The van der Waals surface area contributed by atoms with Gasteiger partial charge in [0.25, 0.3) is 0 Å². The van der Waals surface area contributed by atoms with Crippen molar-refractivity contribution in [2.75, 3.05) is 0 Å². The fourth-order valence-electron chi connectivity index (χ4n) is 4.21. The number of carbonyl (C=O) groups is 1. The van der Waals surface area contributed by atoms with Gasteiger partial charge in [-0.3, -0.25) is 4.79 Å². The molecule has 3 unspecified atom stereocenters. The molecule has 1 aromatic carbocycles. The molecule has 0 N–H and O–H groups in total. The minimum Gasteiger partial charge on any atom is -0.486 e. The molecule has 3 aliphatic carbocycles. The van der Waals surface area contributed by atoms with Gasteiger partial charge in [0.1, 0.15) is 18.1 Å². The van der Waals surface area contributed by atoms with Gasteiger partial charge in [0.15, 0.2) is 0 Å². The van der Waals surface area contributed by atoms with E-state index in [9.17, 15) is 4.79 Å². The highest BCUT2D eigenvalue weighted by molar-refractivity contribution is 6.29. The normalized spacial score (nSPS) is 23.9. The molecule has 3 aliphatic rings. The van der Waals surface area contributed by atoms with E-state index in [1.807, 2.05) is 30.3 Å². The highest BCUT2D eigenvalue weighted by Crippen LogP contribution is 2.32. The van der Waals surface area contributed by atoms with Crippen molar-refractivity contribution in [3.05, 3.63) is 106 Å². The van der Waals surface area contributed by atoms with Gasteiger partial charge >= 0.3 is 0 Å². The van der Waals surface area contributed by atoms with E-state index < -0.39 is 0 Å². The van der Waals surface area contributed by atoms with Crippen molar-refractivity contribution < 1.29 is 9.53 Å². The second-order valence-electron chi connectivity index (χ2n) is 8.61. The summed E-state index contributed by atoms with van der Waals surface area (Å²) in [5.74, 6) is 2.00. The van der Waals surface area contributed by atoms with E-state index in [1.165, 1.54) is 11.1 Å².